The Bertz CT molecular complexity index is 722. The van der Waals surface area contributed by atoms with Crippen LogP contribution in [0, 0.1) is 0 Å². The van der Waals surface area contributed by atoms with E-state index in [4.69, 9.17) is 0 Å². The highest BCUT2D eigenvalue weighted by Crippen LogP contribution is 2.26. The first-order valence-electron chi connectivity index (χ1n) is 6.80. The summed E-state index contributed by atoms with van der Waals surface area (Å²) in [6.45, 7) is 6.12. The molecule has 3 rings (SSSR count). The zero-order chi connectivity index (χ0) is 14.1. The van der Waals surface area contributed by atoms with E-state index in [2.05, 4.69) is 40.0 Å². The fourth-order valence-corrected chi connectivity index (χ4v) is 2.41. The summed E-state index contributed by atoms with van der Waals surface area (Å²) in [5.74, 6) is 0.972. The first kappa shape index (κ1) is 12.7. The molecule has 0 aliphatic rings. The largest absolute Gasteiger partial charge is 0.355 e. The lowest BCUT2D eigenvalue weighted by atomic mass is 10.2. The second-order valence-electron chi connectivity index (χ2n) is 4.72. The van der Waals surface area contributed by atoms with Gasteiger partial charge in [-0.2, -0.15) is 10.2 Å². The van der Waals surface area contributed by atoms with E-state index in [0.717, 1.165) is 35.6 Å². The second-order valence-corrected chi connectivity index (χ2v) is 4.72. The SMILES string of the molecule is CCN(CC)c1ncnn2cc(-c3cnn(C)c3)cc12. The molecule has 6 heteroatoms. The predicted octanol–water partition coefficient (Wildman–Crippen LogP) is 1.98. The summed E-state index contributed by atoms with van der Waals surface area (Å²) < 4.78 is 3.68. The topological polar surface area (TPSA) is 51.3 Å². The monoisotopic (exact) mass is 270 g/mol. The molecule has 0 amide bonds. The van der Waals surface area contributed by atoms with Crippen molar-refractivity contribution in [1.29, 1.82) is 0 Å². The maximum absolute atomic E-state index is 4.43. The molecule has 3 aromatic rings. The van der Waals surface area contributed by atoms with Gasteiger partial charge in [0, 0.05) is 43.7 Å². The van der Waals surface area contributed by atoms with Crippen molar-refractivity contribution in [1.82, 2.24) is 24.4 Å². The van der Waals surface area contributed by atoms with Crippen LogP contribution in [0.25, 0.3) is 16.6 Å². The van der Waals surface area contributed by atoms with Gasteiger partial charge in [-0.1, -0.05) is 0 Å². The minimum Gasteiger partial charge on any atom is -0.355 e. The molecule has 104 valence electrons. The molecule has 0 aliphatic heterocycles. The van der Waals surface area contributed by atoms with Crippen molar-refractivity contribution in [2.24, 2.45) is 7.05 Å². The fraction of sp³-hybridized carbons (Fsp3) is 0.357. The van der Waals surface area contributed by atoms with Crippen molar-refractivity contribution in [3.63, 3.8) is 0 Å². The van der Waals surface area contributed by atoms with Crippen LogP contribution < -0.4 is 4.90 Å². The highest BCUT2D eigenvalue weighted by atomic mass is 15.3. The molecule has 0 radical (unpaired) electrons. The summed E-state index contributed by atoms with van der Waals surface area (Å²) >= 11 is 0. The van der Waals surface area contributed by atoms with Crippen LogP contribution in [0.5, 0.6) is 0 Å². The molecule has 0 spiro atoms. The van der Waals surface area contributed by atoms with Crippen LogP contribution in [0.4, 0.5) is 5.82 Å². The third-order valence-electron chi connectivity index (χ3n) is 3.49. The zero-order valence-electron chi connectivity index (χ0n) is 12.0. The minimum absolute atomic E-state index is 0.927. The van der Waals surface area contributed by atoms with Gasteiger partial charge in [0.25, 0.3) is 0 Å². The van der Waals surface area contributed by atoms with Gasteiger partial charge in [0.05, 0.1) is 6.20 Å². The highest BCUT2D eigenvalue weighted by Gasteiger charge is 2.12. The highest BCUT2D eigenvalue weighted by molar-refractivity contribution is 5.77. The van der Waals surface area contributed by atoms with E-state index in [1.807, 2.05) is 30.2 Å². The van der Waals surface area contributed by atoms with Gasteiger partial charge in [-0.3, -0.25) is 4.68 Å². The average molecular weight is 270 g/mol. The van der Waals surface area contributed by atoms with Crippen molar-refractivity contribution in [3.05, 3.63) is 31.0 Å². The first-order valence-corrected chi connectivity index (χ1v) is 6.80. The van der Waals surface area contributed by atoms with Crippen molar-refractivity contribution in [3.8, 4) is 11.1 Å². The van der Waals surface area contributed by atoms with Crippen LogP contribution in [-0.4, -0.2) is 37.5 Å². The predicted molar refractivity (Wildman–Crippen MR) is 78.8 cm³/mol. The van der Waals surface area contributed by atoms with E-state index in [0.29, 0.717) is 0 Å². The van der Waals surface area contributed by atoms with Gasteiger partial charge < -0.3 is 4.90 Å². The van der Waals surface area contributed by atoms with E-state index in [1.165, 1.54) is 0 Å². The summed E-state index contributed by atoms with van der Waals surface area (Å²) in [5.41, 5.74) is 3.21. The summed E-state index contributed by atoms with van der Waals surface area (Å²) in [5, 5.41) is 8.51. The molecule has 0 fully saturated rings. The Labute approximate surface area is 117 Å². The molecule has 0 saturated heterocycles. The normalized spacial score (nSPS) is 11.2. The van der Waals surface area contributed by atoms with Gasteiger partial charge in [0.15, 0.2) is 5.82 Å². The number of fused-ring (bicyclic) bond motifs is 1. The fourth-order valence-electron chi connectivity index (χ4n) is 2.41. The van der Waals surface area contributed by atoms with E-state index in [1.54, 1.807) is 11.0 Å². The number of hydrogen-bond acceptors (Lipinski definition) is 4. The quantitative estimate of drug-likeness (QED) is 0.727. The minimum atomic E-state index is 0.927. The third-order valence-corrected chi connectivity index (χ3v) is 3.49. The first-order chi connectivity index (χ1) is 9.72. The Kier molecular flexibility index (Phi) is 3.14. The van der Waals surface area contributed by atoms with Crippen LogP contribution in [0.15, 0.2) is 31.0 Å². The maximum atomic E-state index is 4.43. The molecule has 0 N–H and O–H groups in total. The molecule has 3 heterocycles. The lowest BCUT2D eigenvalue weighted by molar-refractivity contribution is 0.768. The van der Waals surface area contributed by atoms with E-state index < -0.39 is 0 Å². The van der Waals surface area contributed by atoms with E-state index >= 15 is 0 Å². The second kappa shape index (κ2) is 4.96. The number of hydrogen-bond donors (Lipinski definition) is 0. The van der Waals surface area contributed by atoms with Gasteiger partial charge in [-0.05, 0) is 19.9 Å². The molecule has 0 aliphatic carbocycles. The summed E-state index contributed by atoms with van der Waals surface area (Å²) in [4.78, 5) is 6.66. The smallest absolute Gasteiger partial charge is 0.156 e. The lowest BCUT2D eigenvalue weighted by Crippen LogP contribution is -2.23. The molecule has 0 unspecified atom stereocenters. The van der Waals surface area contributed by atoms with Gasteiger partial charge in [0.1, 0.15) is 11.8 Å². The third kappa shape index (κ3) is 2.03. The van der Waals surface area contributed by atoms with Crippen molar-refractivity contribution < 1.29 is 0 Å². The number of rotatable bonds is 4. The van der Waals surface area contributed by atoms with Gasteiger partial charge in [-0.15, -0.1) is 0 Å². The Hall–Kier alpha value is -2.37. The Morgan fingerprint density at radius 2 is 1.90 bits per heavy atom. The standard InChI is InChI=1S/C14H18N6/c1-4-19(5-2)14-13-6-11(9-20(13)17-10-15-14)12-7-16-18(3)8-12/h6-10H,4-5H2,1-3H3. The summed E-state index contributed by atoms with van der Waals surface area (Å²) in [7, 11) is 1.92. The Morgan fingerprint density at radius 1 is 1.10 bits per heavy atom. The lowest BCUT2D eigenvalue weighted by Gasteiger charge is -2.19. The van der Waals surface area contributed by atoms with Crippen molar-refractivity contribution in [2.45, 2.75) is 13.8 Å². The summed E-state index contributed by atoms with van der Waals surface area (Å²) in [6.07, 6.45) is 7.48. The van der Waals surface area contributed by atoms with Crippen molar-refractivity contribution in [2.75, 3.05) is 18.0 Å². The Morgan fingerprint density at radius 3 is 2.55 bits per heavy atom. The molecule has 3 aromatic heterocycles. The molecule has 0 aromatic carbocycles. The molecular formula is C14H18N6. The number of nitrogens with zero attached hydrogens (tertiary/aromatic N) is 6. The van der Waals surface area contributed by atoms with Crippen LogP contribution in [0.1, 0.15) is 13.8 Å². The van der Waals surface area contributed by atoms with Crippen molar-refractivity contribution >= 4 is 11.3 Å². The zero-order valence-corrected chi connectivity index (χ0v) is 12.0. The number of anilines is 1. The van der Waals surface area contributed by atoms with E-state index in [9.17, 15) is 0 Å². The molecule has 0 bridgehead atoms. The molecule has 6 nitrogen and oxygen atoms in total. The van der Waals surface area contributed by atoms with Gasteiger partial charge in [-0.25, -0.2) is 9.50 Å². The van der Waals surface area contributed by atoms with E-state index in [-0.39, 0.29) is 0 Å². The number of aryl methyl sites for hydroxylation is 1. The van der Waals surface area contributed by atoms with Gasteiger partial charge in [0.2, 0.25) is 0 Å². The van der Waals surface area contributed by atoms with Crippen LogP contribution in [-0.2, 0) is 7.05 Å². The van der Waals surface area contributed by atoms with Gasteiger partial charge >= 0.3 is 0 Å². The average Bonchev–Trinajstić information content (AvgIpc) is 3.06. The summed E-state index contributed by atoms with van der Waals surface area (Å²) in [6, 6.07) is 2.12. The molecular weight excluding hydrogens is 252 g/mol. The maximum Gasteiger partial charge on any atom is 0.156 e. The molecule has 0 saturated carbocycles. The number of aromatic nitrogens is 5. The Balaban J connectivity index is 2.13. The van der Waals surface area contributed by atoms with Crippen LogP contribution in [0.3, 0.4) is 0 Å². The van der Waals surface area contributed by atoms with Crippen LogP contribution in [0.2, 0.25) is 0 Å². The molecule has 20 heavy (non-hydrogen) atoms. The van der Waals surface area contributed by atoms with Crippen LogP contribution >= 0.6 is 0 Å². The molecule has 0 atom stereocenters.